The number of hydrogen-bond acceptors (Lipinski definition) is 5. The molecule has 22 heavy (non-hydrogen) atoms. The van der Waals surface area contributed by atoms with Gasteiger partial charge in [0.2, 0.25) is 0 Å². The van der Waals surface area contributed by atoms with Gasteiger partial charge < -0.3 is 4.74 Å². The van der Waals surface area contributed by atoms with Gasteiger partial charge in [-0.2, -0.15) is 0 Å². The Hall–Kier alpha value is -0.820. The quantitative estimate of drug-likeness (QED) is 0.802. The number of hydrogen-bond donors (Lipinski definition) is 0. The molecule has 0 saturated carbocycles. The number of likely N-dealkylation sites (tertiary alicyclic amines) is 1. The lowest BCUT2D eigenvalue weighted by Gasteiger charge is -2.34. The molecule has 0 N–H and O–H groups in total. The van der Waals surface area contributed by atoms with Crippen molar-refractivity contribution in [1.29, 1.82) is 0 Å². The number of aromatic nitrogens is 2. The van der Waals surface area contributed by atoms with Gasteiger partial charge in [0, 0.05) is 39.6 Å². The molecule has 4 nitrogen and oxygen atoms in total. The van der Waals surface area contributed by atoms with E-state index in [0.717, 1.165) is 44.0 Å². The van der Waals surface area contributed by atoms with Crippen molar-refractivity contribution in [2.75, 3.05) is 19.7 Å². The van der Waals surface area contributed by atoms with Gasteiger partial charge in [-0.1, -0.05) is 0 Å². The Bertz CT molecular complexity index is 704. The van der Waals surface area contributed by atoms with Crippen LogP contribution in [0.5, 0.6) is 0 Å². The summed E-state index contributed by atoms with van der Waals surface area (Å²) < 4.78 is 7.04. The van der Waals surface area contributed by atoms with Gasteiger partial charge in [-0.15, -0.1) is 11.3 Å². The Labute approximate surface area is 142 Å². The van der Waals surface area contributed by atoms with Gasteiger partial charge in [-0.3, -0.25) is 4.90 Å². The maximum atomic E-state index is 5.86. The van der Waals surface area contributed by atoms with E-state index in [-0.39, 0.29) is 5.41 Å². The molecule has 6 heteroatoms. The van der Waals surface area contributed by atoms with E-state index in [1.807, 2.05) is 24.5 Å². The third-order valence-electron chi connectivity index (χ3n) is 4.56. The van der Waals surface area contributed by atoms with Crippen LogP contribution in [0, 0.1) is 6.92 Å². The number of halogens is 1. The zero-order chi connectivity index (χ0) is 15.2. The van der Waals surface area contributed by atoms with Crippen LogP contribution < -0.4 is 0 Å². The molecule has 0 radical (unpaired) electrons. The van der Waals surface area contributed by atoms with Crippen LogP contribution in [0.3, 0.4) is 0 Å². The molecule has 2 aromatic rings. The first-order valence-electron chi connectivity index (χ1n) is 7.51. The first-order valence-corrected chi connectivity index (χ1v) is 9.18. The van der Waals surface area contributed by atoms with Crippen molar-refractivity contribution in [3.8, 4) is 0 Å². The predicted molar refractivity (Wildman–Crippen MR) is 90.0 cm³/mol. The monoisotopic (exact) mass is 379 g/mol. The van der Waals surface area contributed by atoms with Crippen molar-refractivity contribution in [3.05, 3.63) is 44.1 Å². The maximum absolute atomic E-state index is 5.86. The van der Waals surface area contributed by atoms with E-state index in [2.05, 4.69) is 37.3 Å². The lowest BCUT2D eigenvalue weighted by Crippen LogP contribution is -2.40. The second-order valence-corrected chi connectivity index (χ2v) is 8.17. The fourth-order valence-corrected chi connectivity index (χ4v) is 5.04. The maximum Gasteiger partial charge on any atom is 0.125 e. The number of thiophene rings is 1. The SMILES string of the molecule is Cc1ncc2c(n1)C1(CCN(Cc3cc(Br)cs3)C1)COC2. The molecule has 1 saturated heterocycles. The van der Waals surface area contributed by atoms with Crippen molar-refractivity contribution in [3.63, 3.8) is 0 Å². The number of rotatable bonds is 2. The van der Waals surface area contributed by atoms with E-state index in [1.54, 1.807) is 0 Å². The third-order valence-corrected chi connectivity index (χ3v) is 6.24. The summed E-state index contributed by atoms with van der Waals surface area (Å²) in [6, 6.07) is 2.22. The number of nitrogens with zero attached hydrogens (tertiary/aromatic N) is 3. The summed E-state index contributed by atoms with van der Waals surface area (Å²) in [6.07, 6.45) is 3.06. The summed E-state index contributed by atoms with van der Waals surface area (Å²) in [6.45, 7) is 6.53. The lowest BCUT2D eigenvalue weighted by molar-refractivity contribution is 0.0501. The molecule has 4 heterocycles. The second kappa shape index (κ2) is 5.67. The van der Waals surface area contributed by atoms with E-state index in [0.29, 0.717) is 6.61 Å². The van der Waals surface area contributed by atoms with Crippen LogP contribution in [0.4, 0.5) is 0 Å². The minimum Gasteiger partial charge on any atom is -0.376 e. The summed E-state index contributed by atoms with van der Waals surface area (Å²) in [7, 11) is 0. The van der Waals surface area contributed by atoms with Crippen molar-refractivity contribution in [2.24, 2.45) is 0 Å². The smallest absolute Gasteiger partial charge is 0.125 e. The minimum absolute atomic E-state index is 0.0514. The zero-order valence-electron chi connectivity index (χ0n) is 12.5. The average molecular weight is 380 g/mol. The number of aryl methyl sites for hydroxylation is 1. The third kappa shape index (κ3) is 2.62. The van der Waals surface area contributed by atoms with Crippen molar-refractivity contribution < 1.29 is 4.74 Å². The highest BCUT2D eigenvalue weighted by atomic mass is 79.9. The second-order valence-electron chi connectivity index (χ2n) is 6.26. The van der Waals surface area contributed by atoms with Crippen LogP contribution >= 0.6 is 27.3 Å². The summed E-state index contributed by atoms with van der Waals surface area (Å²) >= 11 is 5.35. The van der Waals surface area contributed by atoms with Crippen LogP contribution in [-0.2, 0) is 23.3 Å². The van der Waals surface area contributed by atoms with E-state index < -0.39 is 0 Å². The zero-order valence-corrected chi connectivity index (χ0v) is 14.9. The highest BCUT2D eigenvalue weighted by molar-refractivity contribution is 9.10. The highest BCUT2D eigenvalue weighted by Crippen LogP contribution is 2.39. The number of ether oxygens (including phenoxy) is 1. The molecular formula is C16H18BrN3OS. The molecule has 0 bridgehead atoms. The molecule has 1 fully saturated rings. The van der Waals surface area contributed by atoms with E-state index >= 15 is 0 Å². The molecule has 0 aromatic carbocycles. The minimum atomic E-state index is 0.0514. The predicted octanol–water partition coefficient (Wildman–Crippen LogP) is 3.28. The molecule has 1 atom stereocenters. The summed E-state index contributed by atoms with van der Waals surface area (Å²) in [4.78, 5) is 13.0. The van der Waals surface area contributed by atoms with Crippen LogP contribution in [0.15, 0.2) is 22.1 Å². The van der Waals surface area contributed by atoms with Crippen LogP contribution in [0.25, 0.3) is 0 Å². The van der Waals surface area contributed by atoms with Gasteiger partial charge in [0.15, 0.2) is 0 Å². The first kappa shape index (κ1) is 14.8. The highest BCUT2D eigenvalue weighted by Gasteiger charge is 2.44. The molecule has 4 rings (SSSR count). The average Bonchev–Trinajstić information content (AvgIpc) is 3.08. The summed E-state index contributed by atoms with van der Waals surface area (Å²) in [5.41, 5.74) is 2.44. The van der Waals surface area contributed by atoms with Crippen LogP contribution in [0.1, 0.15) is 28.4 Å². The molecule has 0 amide bonds. The van der Waals surface area contributed by atoms with E-state index in [1.165, 1.54) is 15.0 Å². The molecule has 1 unspecified atom stereocenters. The van der Waals surface area contributed by atoms with E-state index in [4.69, 9.17) is 9.72 Å². The molecule has 116 valence electrons. The van der Waals surface area contributed by atoms with Crippen molar-refractivity contribution in [2.45, 2.75) is 31.9 Å². The Balaban J connectivity index is 1.58. The summed E-state index contributed by atoms with van der Waals surface area (Å²) in [5, 5.41) is 2.15. The fraction of sp³-hybridized carbons (Fsp3) is 0.500. The molecule has 0 aliphatic carbocycles. The van der Waals surface area contributed by atoms with Gasteiger partial charge in [0.05, 0.1) is 24.3 Å². The molecule has 1 spiro atoms. The van der Waals surface area contributed by atoms with Crippen LogP contribution in [0.2, 0.25) is 0 Å². The lowest BCUT2D eigenvalue weighted by atomic mass is 9.80. The number of fused-ring (bicyclic) bond motifs is 2. The standard InChI is InChI=1S/C16H18BrN3OS/c1-11-18-5-12-7-21-10-16(15(12)19-11)2-3-20(9-16)6-14-4-13(17)8-22-14/h4-5,8H,2-3,6-7,9-10H2,1H3. The first-order chi connectivity index (χ1) is 10.6. The molecule has 2 aliphatic rings. The Morgan fingerprint density at radius 3 is 3.23 bits per heavy atom. The van der Waals surface area contributed by atoms with Gasteiger partial charge >= 0.3 is 0 Å². The molecular weight excluding hydrogens is 362 g/mol. The Morgan fingerprint density at radius 2 is 2.41 bits per heavy atom. The molecule has 2 aliphatic heterocycles. The Morgan fingerprint density at radius 1 is 1.50 bits per heavy atom. The summed E-state index contributed by atoms with van der Waals surface area (Å²) in [5.74, 6) is 0.862. The van der Waals surface area contributed by atoms with Crippen molar-refractivity contribution in [1.82, 2.24) is 14.9 Å². The van der Waals surface area contributed by atoms with Gasteiger partial charge in [0.1, 0.15) is 5.82 Å². The largest absolute Gasteiger partial charge is 0.376 e. The van der Waals surface area contributed by atoms with Gasteiger partial charge in [-0.05, 0) is 41.9 Å². The Kier molecular flexibility index (Phi) is 3.80. The normalized spacial score (nSPS) is 24.8. The molecule has 2 aromatic heterocycles. The van der Waals surface area contributed by atoms with Gasteiger partial charge in [0.25, 0.3) is 0 Å². The van der Waals surface area contributed by atoms with Crippen molar-refractivity contribution >= 4 is 27.3 Å². The van der Waals surface area contributed by atoms with E-state index in [9.17, 15) is 0 Å². The fourth-order valence-electron chi connectivity index (χ4n) is 3.55. The van der Waals surface area contributed by atoms with Gasteiger partial charge in [-0.25, -0.2) is 9.97 Å². The topological polar surface area (TPSA) is 38.2 Å². The van der Waals surface area contributed by atoms with Crippen LogP contribution in [-0.4, -0.2) is 34.6 Å².